The lowest BCUT2D eigenvalue weighted by Crippen LogP contribution is -2.07. The van der Waals surface area contributed by atoms with E-state index in [4.69, 9.17) is 46.6 Å². The van der Waals surface area contributed by atoms with Crippen molar-refractivity contribution in [1.29, 1.82) is 0 Å². The summed E-state index contributed by atoms with van der Waals surface area (Å²) >= 11 is 0. The molecule has 5 rings (SSSR count). The van der Waals surface area contributed by atoms with Crippen molar-refractivity contribution in [3.05, 3.63) is 142 Å². The van der Waals surface area contributed by atoms with Crippen LogP contribution in [0.5, 0.6) is 34.5 Å². The minimum absolute atomic E-state index is 0.155. The molecule has 0 unspecified atom stereocenters. The van der Waals surface area contributed by atoms with Gasteiger partial charge in [-0.2, -0.15) is 42.1 Å². The van der Waals surface area contributed by atoms with Crippen LogP contribution in [0.2, 0.25) is 0 Å². The first-order valence-electron chi connectivity index (χ1n) is 27.0. The Bertz CT molecular complexity index is 3650. The molecular formula is C59H72O21S5. The normalized spacial score (nSPS) is 12.6. The summed E-state index contributed by atoms with van der Waals surface area (Å²) in [6, 6.07) is 29.4. The fraction of sp³-hybridized carbons (Fsp3) is 0.356. The van der Waals surface area contributed by atoms with E-state index in [1.54, 1.807) is 43.5 Å². The number of rotatable bonds is 39. The third-order valence-electron chi connectivity index (χ3n) is 12.3. The molecule has 0 bridgehead atoms. The SMILES string of the molecule is COc1cc(/C=C/c2ccc(/C=C/c3ccc(OCCCCS(=O)(=O)O)cc3OCCCCS(=O)(=O)O)cc2)c(OCCCCS(=O)(=O)O)cc1/C=C/c1ccc(/C=C/c2ccc(OCCCCS(=O)(=O)O)cc2OCCCCS(=O)(=O)O)cc1. The van der Waals surface area contributed by atoms with Crippen LogP contribution in [-0.2, 0) is 50.6 Å². The molecule has 0 heterocycles. The van der Waals surface area contributed by atoms with Gasteiger partial charge in [-0.15, -0.1) is 0 Å². The fourth-order valence-electron chi connectivity index (χ4n) is 7.93. The summed E-state index contributed by atoms with van der Waals surface area (Å²) in [5.41, 5.74) is 6.14. The van der Waals surface area contributed by atoms with Gasteiger partial charge in [-0.25, -0.2) is 0 Å². The van der Waals surface area contributed by atoms with E-state index >= 15 is 0 Å². The predicted octanol–water partition coefficient (Wildman–Crippen LogP) is 10.6. The number of ether oxygens (including phenoxy) is 6. The standard InChI is InChI=1S/C59H72O21S5/c1-75-56-42-53(27-23-49-18-14-47(15-19-49)21-25-51-29-31-55(77-33-3-8-38-82(63,64)65)45-59(51)80-36-6-11-41-85(72,73)74)57(78-34-4-9-39-83(66,67)68)43-52(56)26-22-48-16-12-46(13-17-48)20-24-50-28-30-54(76-32-2-7-37-81(60,61)62)44-58(50)79-35-5-10-40-84(69,70)71/h12-31,42-45H,2-11,32-41H2,1H3,(H,60,61,62)(H,63,64,65)(H,66,67,68)(H,69,70,71)(H,72,73,74)/b24-20+,25-21+,26-22+,27-23+. The van der Waals surface area contributed by atoms with Gasteiger partial charge in [0, 0.05) is 34.4 Å². The highest BCUT2D eigenvalue weighted by atomic mass is 32.2. The summed E-state index contributed by atoms with van der Waals surface area (Å²) in [4.78, 5) is 0. The molecule has 0 aromatic heterocycles. The molecule has 0 aliphatic rings. The van der Waals surface area contributed by atoms with Crippen LogP contribution in [0, 0.1) is 0 Å². The van der Waals surface area contributed by atoms with Crippen molar-refractivity contribution in [2.24, 2.45) is 0 Å². The van der Waals surface area contributed by atoms with Crippen LogP contribution in [0.4, 0.5) is 0 Å². The summed E-state index contributed by atoms with van der Waals surface area (Å²) in [5.74, 6) is 0.888. The topological polar surface area (TPSA) is 327 Å². The lowest BCUT2D eigenvalue weighted by atomic mass is 10.0. The molecule has 26 heteroatoms. The molecule has 0 radical (unpaired) electrons. The largest absolute Gasteiger partial charge is 0.496 e. The Labute approximate surface area is 498 Å². The van der Waals surface area contributed by atoms with Crippen LogP contribution in [-0.4, -0.2) is 134 Å². The first-order chi connectivity index (χ1) is 40.2. The van der Waals surface area contributed by atoms with Gasteiger partial charge < -0.3 is 28.4 Å². The van der Waals surface area contributed by atoms with Crippen LogP contribution >= 0.6 is 0 Å². The fourth-order valence-corrected chi connectivity index (χ4v) is 10.8. The minimum Gasteiger partial charge on any atom is -0.496 e. The number of unbranched alkanes of at least 4 members (excludes halogenated alkanes) is 5. The van der Waals surface area contributed by atoms with Crippen LogP contribution in [0.3, 0.4) is 0 Å². The lowest BCUT2D eigenvalue weighted by molar-refractivity contribution is 0.293. The number of benzene rings is 5. The zero-order valence-corrected chi connectivity index (χ0v) is 50.9. The maximum atomic E-state index is 11.4. The molecule has 5 N–H and O–H groups in total. The van der Waals surface area contributed by atoms with Crippen LogP contribution in [0.25, 0.3) is 48.6 Å². The molecule has 0 aliphatic carbocycles. The Kier molecular flexibility index (Phi) is 27.6. The van der Waals surface area contributed by atoms with E-state index < -0.39 is 67.8 Å². The first-order valence-corrected chi connectivity index (χ1v) is 35.1. The van der Waals surface area contributed by atoms with Crippen molar-refractivity contribution in [2.75, 3.05) is 68.9 Å². The Hall–Kier alpha value is -6.59. The lowest BCUT2D eigenvalue weighted by Gasteiger charge is -2.14. The maximum Gasteiger partial charge on any atom is 0.264 e. The number of hydrogen-bond donors (Lipinski definition) is 5. The van der Waals surface area contributed by atoms with E-state index in [0.29, 0.717) is 88.9 Å². The van der Waals surface area contributed by atoms with Crippen molar-refractivity contribution in [1.82, 2.24) is 0 Å². The van der Waals surface area contributed by atoms with Gasteiger partial charge in [0.15, 0.2) is 0 Å². The van der Waals surface area contributed by atoms with E-state index in [2.05, 4.69) is 0 Å². The van der Waals surface area contributed by atoms with E-state index in [9.17, 15) is 46.6 Å². The summed E-state index contributed by atoms with van der Waals surface area (Å²) in [6.45, 7) is 0.849. The van der Waals surface area contributed by atoms with Crippen molar-refractivity contribution < 1.29 is 93.3 Å². The summed E-state index contributed by atoms with van der Waals surface area (Å²) in [5, 5.41) is 0. The smallest absolute Gasteiger partial charge is 0.264 e. The average molecular weight is 1280 g/mol. The van der Waals surface area contributed by atoms with Gasteiger partial charge in [-0.1, -0.05) is 97.1 Å². The Morgan fingerprint density at radius 3 is 0.824 bits per heavy atom. The van der Waals surface area contributed by atoms with Gasteiger partial charge in [0.25, 0.3) is 50.6 Å². The zero-order chi connectivity index (χ0) is 61.9. The van der Waals surface area contributed by atoms with Crippen LogP contribution < -0.4 is 28.4 Å². The molecule has 5 aromatic carbocycles. The average Bonchev–Trinajstić information content (AvgIpc) is 3.17. The summed E-state index contributed by atoms with van der Waals surface area (Å²) < 4.78 is 193. The Morgan fingerprint density at radius 1 is 0.294 bits per heavy atom. The van der Waals surface area contributed by atoms with Gasteiger partial charge in [0.2, 0.25) is 0 Å². The summed E-state index contributed by atoms with van der Waals surface area (Å²) in [7, 11) is -19.0. The predicted molar refractivity (Wildman–Crippen MR) is 330 cm³/mol. The van der Waals surface area contributed by atoms with Gasteiger partial charge in [0.05, 0.1) is 68.9 Å². The van der Waals surface area contributed by atoms with Gasteiger partial charge in [-0.3, -0.25) is 22.8 Å². The van der Waals surface area contributed by atoms with E-state index in [1.807, 2.05) is 109 Å². The molecule has 5 aromatic rings. The second kappa shape index (κ2) is 33.9. The molecule has 0 aliphatic heterocycles. The molecule has 0 atom stereocenters. The molecule has 0 saturated heterocycles. The number of methoxy groups -OCH3 is 1. The van der Waals surface area contributed by atoms with Crippen LogP contribution in [0.1, 0.15) is 109 Å². The quantitative estimate of drug-likeness (QED) is 0.0139. The molecular weight excluding hydrogens is 1200 g/mol. The van der Waals surface area contributed by atoms with E-state index in [0.717, 1.165) is 22.3 Å². The first kappa shape index (κ1) is 69.2. The Morgan fingerprint density at radius 2 is 0.541 bits per heavy atom. The van der Waals surface area contributed by atoms with E-state index in [-0.39, 0.29) is 76.6 Å². The molecule has 21 nitrogen and oxygen atoms in total. The highest BCUT2D eigenvalue weighted by Gasteiger charge is 2.14. The Balaban J connectivity index is 1.30. The van der Waals surface area contributed by atoms with Gasteiger partial charge >= 0.3 is 0 Å². The third kappa shape index (κ3) is 29.4. The highest BCUT2D eigenvalue weighted by Crippen LogP contribution is 2.34. The van der Waals surface area contributed by atoms with Crippen molar-refractivity contribution >= 4 is 99.2 Å². The molecule has 0 fully saturated rings. The van der Waals surface area contributed by atoms with Crippen molar-refractivity contribution in [3.63, 3.8) is 0 Å². The molecule has 464 valence electrons. The van der Waals surface area contributed by atoms with Crippen LogP contribution in [0.15, 0.2) is 97.1 Å². The monoisotopic (exact) mass is 1280 g/mol. The molecule has 0 saturated carbocycles. The second-order valence-electron chi connectivity index (χ2n) is 19.4. The second-order valence-corrected chi connectivity index (χ2v) is 27.3. The van der Waals surface area contributed by atoms with Gasteiger partial charge in [0.1, 0.15) is 34.5 Å². The number of hydrogen-bond acceptors (Lipinski definition) is 16. The van der Waals surface area contributed by atoms with Crippen molar-refractivity contribution in [3.8, 4) is 34.5 Å². The summed E-state index contributed by atoms with van der Waals surface area (Å²) in [6.07, 6.45) is 17.8. The molecule has 85 heavy (non-hydrogen) atoms. The minimum atomic E-state index is -4.14. The zero-order valence-electron chi connectivity index (χ0n) is 46.8. The molecule has 0 amide bonds. The highest BCUT2D eigenvalue weighted by molar-refractivity contribution is 7.86. The maximum absolute atomic E-state index is 11.4. The van der Waals surface area contributed by atoms with Crippen molar-refractivity contribution in [2.45, 2.75) is 64.2 Å². The molecule has 0 spiro atoms. The van der Waals surface area contributed by atoms with E-state index in [1.165, 1.54) is 0 Å². The third-order valence-corrected chi connectivity index (χ3v) is 16.3. The van der Waals surface area contributed by atoms with Gasteiger partial charge in [-0.05, 0) is 123 Å².